The Morgan fingerprint density at radius 2 is 1.92 bits per heavy atom. The van der Waals surface area contributed by atoms with Crippen molar-refractivity contribution in [2.24, 2.45) is 5.92 Å². The average Bonchev–Trinajstić information content (AvgIpc) is 2.68. The Kier molecular flexibility index (Phi) is 2.08. The molecule has 0 aromatic carbocycles. The van der Waals surface area contributed by atoms with Gasteiger partial charge >= 0.3 is 11.9 Å². The maximum absolute atomic E-state index is 10.8. The number of nitrogens with one attached hydrogen (secondary N) is 1. The quantitative estimate of drug-likeness (QED) is 0.590. The van der Waals surface area contributed by atoms with Crippen molar-refractivity contribution in [2.75, 3.05) is 0 Å². The van der Waals surface area contributed by atoms with Crippen molar-refractivity contribution < 1.29 is 14.7 Å². The van der Waals surface area contributed by atoms with Crippen molar-refractivity contribution in [3.8, 4) is 0 Å². The molecule has 0 aliphatic heterocycles. The van der Waals surface area contributed by atoms with Crippen LogP contribution in [-0.2, 0) is 9.59 Å². The molecular weight excluding hydrogens is 158 g/mol. The largest absolute Gasteiger partial charge is 0.474 e. The van der Waals surface area contributed by atoms with E-state index < -0.39 is 11.9 Å². The first-order valence-electron chi connectivity index (χ1n) is 4.03. The van der Waals surface area contributed by atoms with Gasteiger partial charge in [-0.3, -0.25) is 4.79 Å². The van der Waals surface area contributed by atoms with E-state index in [1.165, 1.54) is 0 Å². The summed E-state index contributed by atoms with van der Waals surface area (Å²) >= 11 is 0. The van der Waals surface area contributed by atoms with Crippen molar-refractivity contribution in [3.63, 3.8) is 0 Å². The predicted molar refractivity (Wildman–Crippen MR) is 42.6 cm³/mol. The van der Waals surface area contributed by atoms with E-state index in [0.717, 1.165) is 12.8 Å². The van der Waals surface area contributed by atoms with Gasteiger partial charge in [0.1, 0.15) is 0 Å². The second-order valence-corrected chi connectivity index (χ2v) is 3.57. The lowest BCUT2D eigenvalue weighted by Crippen LogP contribution is -2.44. The van der Waals surface area contributed by atoms with E-state index in [0.29, 0.717) is 5.92 Å². The predicted octanol–water partition coefficient (Wildman–Crippen LogP) is 0.376. The molecule has 0 atom stereocenters. The molecule has 0 aromatic rings. The Labute approximate surface area is 71.0 Å². The summed E-state index contributed by atoms with van der Waals surface area (Å²) in [4.78, 5) is 21.0. The summed E-state index contributed by atoms with van der Waals surface area (Å²) in [6.07, 6.45) is 1.79. The molecule has 1 aliphatic rings. The van der Waals surface area contributed by atoms with Gasteiger partial charge in [-0.25, -0.2) is 4.79 Å². The molecule has 1 amide bonds. The molecule has 0 bridgehead atoms. The molecule has 68 valence electrons. The number of amides is 1. The Morgan fingerprint density at radius 1 is 1.42 bits per heavy atom. The first-order chi connectivity index (χ1) is 5.48. The lowest BCUT2D eigenvalue weighted by molar-refractivity contribution is -0.150. The monoisotopic (exact) mass is 171 g/mol. The highest BCUT2D eigenvalue weighted by atomic mass is 16.4. The van der Waals surface area contributed by atoms with E-state index in [-0.39, 0.29) is 5.54 Å². The minimum Gasteiger partial charge on any atom is -0.474 e. The molecule has 1 aliphatic carbocycles. The van der Waals surface area contributed by atoms with Crippen LogP contribution in [0.1, 0.15) is 26.7 Å². The van der Waals surface area contributed by atoms with Gasteiger partial charge in [-0.2, -0.15) is 0 Å². The van der Waals surface area contributed by atoms with E-state index in [4.69, 9.17) is 5.11 Å². The molecule has 4 nitrogen and oxygen atoms in total. The summed E-state index contributed by atoms with van der Waals surface area (Å²) in [5, 5.41) is 10.9. The molecular formula is C8H13NO3. The van der Waals surface area contributed by atoms with Gasteiger partial charge in [0.25, 0.3) is 0 Å². The number of rotatable bonds is 2. The number of aliphatic carboxylic acids is 1. The van der Waals surface area contributed by atoms with Crippen LogP contribution in [0.15, 0.2) is 0 Å². The zero-order chi connectivity index (χ0) is 9.35. The smallest absolute Gasteiger partial charge is 0.394 e. The summed E-state index contributed by atoms with van der Waals surface area (Å²) in [5.74, 6) is -1.98. The third-order valence-corrected chi connectivity index (χ3v) is 2.45. The molecule has 0 unspecified atom stereocenters. The van der Waals surface area contributed by atoms with Crippen molar-refractivity contribution in [1.29, 1.82) is 0 Å². The van der Waals surface area contributed by atoms with Crippen molar-refractivity contribution >= 4 is 11.9 Å². The van der Waals surface area contributed by atoms with Gasteiger partial charge in [0.15, 0.2) is 0 Å². The van der Waals surface area contributed by atoms with Crippen LogP contribution >= 0.6 is 0 Å². The van der Waals surface area contributed by atoms with Gasteiger partial charge in [-0.1, -0.05) is 13.8 Å². The first kappa shape index (κ1) is 9.03. The highest BCUT2D eigenvalue weighted by Gasteiger charge is 2.47. The van der Waals surface area contributed by atoms with Gasteiger partial charge < -0.3 is 10.4 Å². The number of carboxylic acid groups (broad SMARTS) is 1. The highest BCUT2D eigenvalue weighted by molar-refractivity contribution is 6.31. The fraction of sp³-hybridized carbons (Fsp3) is 0.750. The third-order valence-electron chi connectivity index (χ3n) is 2.45. The van der Waals surface area contributed by atoms with Crippen LogP contribution in [0.2, 0.25) is 0 Å². The standard InChI is InChI=1S/C8H13NO3/c1-5(2)8(3-4-8)9-6(10)7(11)12/h5H,3-4H2,1-2H3,(H,9,10)(H,11,12). The Bertz CT molecular complexity index is 218. The summed E-state index contributed by atoms with van der Waals surface area (Å²) in [6.45, 7) is 3.96. The second kappa shape index (κ2) is 2.77. The normalized spacial score (nSPS) is 18.9. The summed E-state index contributed by atoms with van der Waals surface area (Å²) < 4.78 is 0. The van der Waals surface area contributed by atoms with Crippen LogP contribution in [-0.4, -0.2) is 22.5 Å². The zero-order valence-electron chi connectivity index (χ0n) is 7.26. The number of carbonyl (C=O) groups excluding carboxylic acids is 1. The third kappa shape index (κ3) is 1.57. The van der Waals surface area contributed by atoms with Crippen LogP contribution < -0.4 is 5.32 Å². The molecule has 0 spiro atoms. The SMILES string of the molecule is CC(C)C1(NC(=O)C(=O)O)CC1. The van der Waals surface area contributed by atoms with Crippen LogP contribution in [0.25, 0.3) is 0 Å². The molecule has 4 heteroatoms. The molecule has 2 N–H and O–H groups in total. The topological polar surface area (TPSA) is 66.4 Å². The molecule has 1 rings (SSSR count). The van der Waals surface area contributed by atoms with E-state index in [2.05, 4.69) is 5.32 Å². The van der Waals surface area contributed by atoms with Gasteiger partial charge in [-0.05, 0) is 18.8 Å². The minimum absolute atomic E-state index is 0.227. The Morgan fingerprint density at radius 3 is 2.17 bits per heavy atom. The highest BCUT2D eigenvalue weighted by Crippen LogP contribution is 2.41. The second-order valence-electron chi connectivity index (χ2n) is 3.57. The summed E-state index contributed by atoms with van der Waals surface area (Å²) in [6, 6.07) is 0. The lowest BCUT2D eigenvalue weighted by Gasteiger charge is -2.19. The van der Waals surface area contributed by atoms with Gasteiger partial charge in [0.2, 0.25) is 0 Å². The van der Waals surface area contributed by atoms with Crippen LogP contribution in [0.5, 0.6) is 0 Å². The van der Waals surface area contributed by atoms with Gasteiger partial charge in [0.05, 0.1) is 0 Å². The number of carboxylic acids is 1. The summed E-state index contributed by atoms with van der Waals surface area (Å²) in [7, 11) is 0. The Hall–Kier alpha value is -1.06. The van der Waals surface area contributed by atoms with Crippen molar-refractivity contribution in [2.45, 2.75) is 32.2 Å². The number of hydrogen-bond acceptors (Lipinski definition) is 2. The molecule has 0 saturated heterocycles. The molecule has 1 fully saturated rings. The molecule has 1 saturated carbocycles. The maximum Gasteiger partial charge on any atom is 0.394 e. The molecule has 12 heavy (non-hydrogen) atoms. The van der Waals surface area contributed by atoms with E-state index >= 15 is 0 Å². The van der Waals surface area contributed by atoms with E-state index in [1.54, 1.807) is 0 Å². The van der Waals surface area contributed by atoms with Crippen molar-refractivity contribution in [3.05, 3.63) is 0 Å². The fourth-order valence-electron chi connectivity index (χ4n) is 1.26. The molecule has 0 radical (unpaired) electrons. The van der Waals surface area contributed by atoms with Gasteiger partial charge in [-0.15, -0.1) is 0 Å². The van der Waals surface area contributed by atoms with E-state index in [1.807, 2.05) is 13.8 Å². The summed E-state index contributed by atoms with van der Waals surface area (Å²) in [5.41, 5.74) is -0.227. The maximum atomic E-state index is 10.8. The van der Waals surface area contributed by atoms with Gasteiger partial charge in [0, 0.05) is 5.54 Å². The fourth-order valence-corrected chi connectivity index (χ4v) is 1.26. The number of hydrogen-bond donors (Lipinski definition) is 2. The minimum atomic E-state index is -1.40. The van der Waals surface area contributed by atoms with E-state index in [9.17, 15) is 9.59 Å². The van der Waals surface area contributed by atoms with Crippen LogP contribution in [0.3, 0.4) is 0 Å². The van der Waals surface area contributed by atoms with Crippen LogP contribution in [0.4, 0.5) is 0 Å². The van der Waals surface area contributed by atoms with Crippen molar-refractivity contribution in [1.82, 2.24) is 5.32 Å². The zero-order valence-corrected chi connectivity index (χ0v) is 7.26. The molecule has 0 heterocycles. The van der Waals surface area contributed by atoms with Crippen LogP contribution in [0, 0.1) is 5.92 Å². The average molecular weight is 171 g/mol. The lowest BCUT2D eigenvalue weighted by atomic mass is 10.0. The Balaban J connectivity index is 2.51. The first-order valence-corrected chi connectivity index (χ1v) is 4.03. The molecule has 0 aromatic heterocycles. The number of carbonyl (C=O) groups is 2.